The summed E-state index contributed by atoms with van der Waals surface area (Å²) in [7, 11) is 1.61. The molecule has 0 saturated carbocycles. The van der Waals surface area contributed by atoms with Crippen LogP contribution in [0.3, 0.4) is 0 Å². The van der Waals surface area contributed by atoms with Crippen molar-refractivity contribution in [3.8, 4) is 0 Å². The first-order valence-electron chi connectivity index (χ1n) is 4.55. The molecule has 0 spiro atoms. The third-order valence-electron chi connectivity index (χ3n) is 1.69. The van der Waals surface area contributed by atoms with E-state index < -0.39 is 6.35 Å². The Bertz CT molecular complexity index is 242. The standard InChI is InChI=1S/C8H15N3O3/c1-4-13-6-9-7(12)11(3)8(10-6)14-5-2/h8H,4-5H2,1-3H3,(H,9,10,12). The van der Waals surface area contributed by atoms with E-state index in [1.54, 1.807) is 7.05 Å². The van der Waals surface area contributed by atoms with Gasteiger partial charge in [-0.05, 0) is 13.8 Å². The molecular formula is C8H15N3O3. The summed E-state index contributed by atoms with van der Waals surface area (Å²) >= 11 is 0. The molecule has 1 atom stereocenters. The average Bonchev–Trinajstić information content (AvgIpc) is 2.14. The SMILES string of the molecule is CCOC1=NC(OCC)N(C)C(=O)N1. The monoisotopic (exact) mass is 201 g/mol. The van der Waals surface area contributed by atoms with Gasteiger partial charge in [-0.3, -0.25) is 10.2 Å². The highest BCUT2D eigenvalue weighted by atomic mass is 16.5. The molecule has 6 nitrogen and oxygen atoms in total. The number of ether oxygens (including phenoxy) is 2. The van der Waals surface area contributed by atoms with Crippen molar-refractivity contribution in [2.24, 2.45) is 4.99 Å². The van der Waals surface area contributed by atoms with Gasteiger partial charge in [-0.15, -0.1) is 0 Å². The number of urea groups is 1. The number of hydrogen-bond acceptors (Lipinski definition) is 4. The quantitative estimate of drug-likeness (QED) is 0.716. The van der Waals surface area contributed by atoms with E-state index in [1.165, 1.54) is 4.90 Å². The van der Waals surface area contributed by atoms with Crippen LogP contribution in [-0.2, 0) is 9.47 Å². The minimum atomic E-state index is -0.588. The van der Waals surface area contributed by atoms with Gasteiger partial charge in [0.25, 0.3) is 6.02 Å². The Balaban J connectivity index is 2.70. The maximum atomic E-state index is 11.3. The molecule has 14 heavy (non-hydrogen) atoms. The zero-order chi connectivity index (χ0) is 10.6. The van der Waals surface area contributed by atoms with Gasteiger partial charge in [0.1, 0.15) is 0 Å². The zero-order valence-corrected chi connectivity index (χ0v) is 8.61. The number of nitrogens with zero attached hydrogens (tertiary/aromatic N) is 2. The molecule has 1 heterocycles. The molecule has 0 fully saturated rings. The summed E-state index contributed by atoms with van der Waals surface area (Å²) in [6.07, 6.45) is -0.588. The van der Waals surface area contributed by atoms with Crippen LogP contribution in [0.25, 0.3) is 0 Å². The Kier molecular flexibility index (Phi) is 3.70. The molecular weight excluding hydrogens is 186 g/mol. The smallest absolute Gasteiger partial charge is 0.328 e. The van der Waals surface area contributed by atoms with E-state index in [9.17, 15) is 4.79 Å². The number of carbonyl (C=O) groups excluding carboxylic acids is 1. The van der Waals surface area contributed by atoms with Gasteiger partial charge in [-0.25, -0.2) is 4.79 Å². The van der Waals surface area contributed by atoms with E-state index in [2.05, 4.69) is 10.3 Å². The molecule has 0 bridgehead atoms. The van der Waals surface area contributed by atoms with Crippen LogP contribution in [0.15, 0.2) is 4.99 Å². The Labute approximate surface area is 82.9 Å². The van der Waals surface area contributed by atoms with Crippen molar-refractivity contribution in [1.29, 1.82) is 0 Å². The fourth-order valence-electron chi connectivity index (χ4n) is 1.01. The third-order valence-corrected chi connectivity index (χ3v) is 1.69. The number of amidine groups is 1. The highest BCUT2D eigenvalue weighted by Crippen LogP contribution is 2.06. The molecule has 0 aliphatic carbocycles. The predicted octanol–water partition coefficient (Wildman–Crippen LogP) is 0.354. The molecule has 0 aromatic heterocycles. The van der Waals surface area contributed by atoms with Crippen LogP contribution < -0.4 is 5.32 Å². The Morgan fingerprint density at radius 2 is 2.21 bits per heavy atom. The summed E-state index contributed by atoms with van der Waals surface area (Å²) in [4.78, 5) is 16.8. The van der Waals surface area contributed by atoms with E-state index in [-0.39, 0.29) is 12.1 Å². The van der Waals surface area contributed by atoms with Crippen LogP contribution in [-0.4, -0.2) is 43.6 Å². The number of aliphatic imine (C=N–C) groups is 1. The molecule has 0 aromatic rings. The molecule has 2 amide bonds. The minimum absolute atomic E-state index is 0.217. The molecule has 6 heteroatoms. The van der Waals surface area contributed by atoms with Gasteiger partial charge in [0.15, 0.2) is 0 Å². The summed E-state index contributed by atoms with van der Waals surface area (Å²) in [6.45, 7) is 4.62. The largest absolute Gasteiger partial charge is 0.465 e. The van der Waals surface area contributed by atoms with Crippen LogP contribution in [0, 0.1) is 0 Å². The molecule has 1 aliphatic heterocycles. The van der Waals surface area contributed by atoms with Gasteiger partial charge in [0.05, 0.1) is 6.61 Å². The van der Waals surface area contributed by atoms with Crippen molar-refractivity contribution >= 4 is 12.1 Å². The maximum Gasteiger partial charge on any atom is 0.328 e. The van der Waals surface area contributed by atoms with Crippen LogP contribution in [0.2, 0.25) is 0 Å². The van der Waals surface area contributed by atoms with E-state index >= 15 is 0 Å². The average molecular weight is 201 g/mol. The van der Waals surface area contributed by atoms with Crippen LogP contribution in [0.1, 0.15) is 13.8 Å². The third kappa shape index (κ3) is 2.35. The van der Waals surface area contributed by atoms with Crippen LogP contribution in [0.5, 0.6) is 0 Å². The summed E-state index contributed by atoms with van der Waals surface area (Å²) in [5.41, 5.74) is 0. The van der Waals surface area contributed by atoms with Gasteiger partial charge in [-0.2, -0.15) is 4.99 Å². The highest BCUT2D eigenvalue weighted by Gasteiger charge is 2.26. The molecule has 0 saturated heterocycles. The maximum absolute atomic E-state index is 11.3. The number of nitrogens with one attached hydrogen (secondary N) is 1. The van der Waals surface area contributed by atoms with Crippen molar-refractivity contribution in [3.63, 3.8) is 0 Å². The number of carbonyl (C=O) groups is 1. The Morgan fingerprint density at radius 3 is 2.79 bits per heavy atom. The van der Waals surface area contributed by atoms with Gasteiger partial charge in [0.2, 0.25) is 6.35 Å². The number of amides is 2. The molecule has 0 radical (unpaired) electrons. The first-order chi connectivity index (χ1) is 6.69. The molecule has 1 aliphatic rings. The van der Waals surface area contributed by atoms with Crippen molar-refractivity contribution in [1.82, 2.24) is 10.2 Å². The summed E-state index contributed by atoms with van der Waals surface area (Å²) in [5, 5.41) is 2.49. The van der Waals surface area contributed by atoms with Crippen LogP contribution in [0.4, 0.5) is 4.79 Å². The second-order valence-electron chi connectivity index (χ2n) is 2.69. The fraction of sp³-hybridized carbons (Fsp3) is 0.750. The zero-order valence-electron chi connectivity index (χ0n) is 8.61. The second-order valence-corrected chi connectivity index (χ2v) is 2.69. The lowest BCUT2D eigenvalue weighted by atomic mass is 10.6. The van der Waals surface area contributed by atoms with E-state index in [4.69, 9.17) is 9.47 Å². The highest BCUT2D eigenvalue weighted by molar-refractivity contribution is 5.94. The first kappa shape index (κ1) is 10.8. The molecule has 0 aromatic carbocycles. The van der Waals surface area contributed by atoms with E-state index in [0.29, 0.717) is 13.2 Å². The lowest BCUT2D eigenvalue weighted by Crippen LogP contribution is -2.52. The van der Waals surface area contributed by atoms with Crippen LogP contribution >= 0.6 is 0 Å². The van der Waals surface area contributed by atoms with Gasteiger partial charge in [-0.1, -0.05) is 0 Å². The molecule has 80 valence electrons. The fourth-order valence-corrected chi connectivity index (χ4v) is 1.01. The predicted molar refractivity (Wildman–Crippen MR) is 50.8 cm³/mol. The molecule has 1 unspecified atom stereocenters. The van der Waals surface area contributed by atoms with Crippen molar-refractivity contribution in [3.05, 3.63) is 0 Å². The van der Waals surface area contributed by atoms with Gasteiger partial charge in [0, 0.05) is 13.7 Å². The second kappa shape index (κ2) is 4.80. The van der Waals surface area contributed by atoms with Gasteiger partial charge >= 0.3 is 6.03 Å². The normalized spacial score (nSPS) is 21.6. The number of hydrogen-bond donors (Lipinski definition) is 1. The summed E-state index contributed by atoms with van der Waals surface area (Å²) in [5.74, 6) is 0. The summed E-state index contributed by atoms with van der Waals surface area (Å²) in [6, 6.07) is -0.0593. The van der Waals surface area contributed by atoms with E-state index in [0.717, 1.165) is 0 Å². The summed E-state index contributed by atoms with van der Waals surface area (Å²) < 4.78 is 10.3. The lowest BCUT2D eigenvalue weighted by Gasteiger charge is -2.29. The Morgan fingerprint density at radius 1 is 1.50 bits per heavy atom. The van der Waals surface area contributed by atoms with Crippen molar-refractivity contribution < 1.29 is 14.3 Å². The topological polar surface area (TPSA) is 63.2 Å². The molecule has 1 rings (SSSR count). The van der Waals surface area contributed by atoms with Crippen molar-refractivity contribution in [2.75, 3.05) is 20.3 Å². The van der Waals surface area contributed by atoms with Crippen molar-refractivity contribution in [2.45, 2.75) is 20.2 Å². The molecule has 1 N–H and O–H groups in total. The van der Waals surface area contributed by atoms with E-state index in [1.807, 2.05) is 13.8 Å². The first-order valence-corrected chi connectivity index (χ1v) is 4.55. The minimum Gasteiger partial charge on any atom is -0.465 e. The number of rotatable bonds is 3. The Hall–Kier alpha value is -1.30. The lowest BCUT2D eigenvalue weighted by molar-refractivity contribution is -0.0207. The van der Waals surface area contributed by atoms with Gasteiger partial charge < -0.3 is 9.47 Å².